The molecule has 0 amide bonds. The Morgan fingerprint density at radius 3 is 2.36 bits per heavy atom. The average molecular weight is 287 g/mol. The summed E-state index contributed by atoms with van der Waals surface area (Å²) < 4.78 is 5.29. The van der Waals surface area contributed by atoms with Gasteiger partial charge in [0.25, 0.3) is 0 Å². The molecule has 4 heteroatoms. The highest BCUT2D eigenvalue weighted by Gasteiger charge is 2.27. The van der Waals surface area contributed by atoms with E-state index in [-0.39, 0.29) is 5.57 Å². The Morgan fingerprint density at radius 2 is 1.68 bits per heavy atom. The summed E-state index contributed by atoms with van der Waals surface area (Å²) in [7, 11) is 3.57. The molecule has 0 spiro atoms. The fourth-order valence-corrected chi connectivity index (χ4v) is 2.79. The van der Waals surface area contributed by atoms with E-state index < -0.39 is 0 Å². The Morgan fingerprint density at radius 1 is 1.00 bits per heavy atom. The third-order valence-electron chi connectivity index (χ3n) is 3.84. The number of anilines is 2. The van der Waals surface area contributed by atoms with Crippen molar-refractivity contribution in [1.29, 1.82) is 10.5 Å². The third kappa shape index (κ3) is 1.90. The van der Waals surface area contributed by atoms with E-state index in [9.17, 15) is 10.5 Å². The zero-order valence-electron chi connectivity index (χ0n) is 12.3. The number of methoxy groups -OCH3 is 1. The van der Waals surface area contributed by atoms with Gasteiger partial charge in [-0.25, -0.2) is 0 Å². The summed E-state index contributed by atoms with van der Waals surface area (Å²) >= 11 is 0. The second-order valence-corrected chi connectivity index (χ2v) is 4.93. The van der Waals surface area contributed by atoms with Crippen LogP contribution in [0.15, 0.2) is 48.0 Å². The molecule has 3 rings (SSSR count). The maximum Gasteiger partial charge on any atom is 0.138 e. The molecule has 1 aliphatic rings. The van der Waals surface area contributed by atoms with Gasteiger partial charge in [-0.05, 0) is 24.3 Å². The molecule has 2 aromatic carbocycles. The van der Waals surface area contributed by atoms with Crippen LogP contribution in [0.5, 0.6) is 5.75 Å². The first-order chi connectivity index (χ1) is 10.7. The number of hydrogen-bond acceptors (Lipinski definition) is 4. The lowest BCUT2D eigenvalue weighted by Gasteiger charge is -2.32. The van der Waals surface area contributed by atoms with E-state index in [0.29, 0.717) is 11.3 Å². The summed E-state index contributed by atoms with van der Waals surface area (Å²) in [5.74, 6) is 0.694. The molecule has 2 aromatic rings. The van der Waals surface area contributed by atoms with Crippen LogP contribution in [0.1, 0.15) is 11.1 Å². The molecule has 0 atom stereocenters. The van der Waals surface area contributed by atoms with Crippen molar-refractivity contribution in [3.63, 3.8) is 0 Å². The lowest BCUT2D eigenvalue weighted by molar-refractivity contribution is 0.414. The number of benzene rings is 2. The van der Waals surface area contributed by atoms with Crippen molar-refractivity contribution in [2.24, 2.45) is 0 Å². The molecule has 0 saturated heterocycles. The van der Waals surface area contributed by atoms with E-state index in [1.807, 2.05) is 61.7 Å². The van der Waals surface area contributed by atoms with Gasteiger partial charge in [0.1, 0.15) is 23.5 Å². The van der Waals surface area contributed by atoms with Gasteiger partial charge in [-0.3, -0.25) is 0 Å². The summed E-state index contributed by atoms with van der Waals surface area (Å²) in [5, 5.41) is 18.7. The number of rotatable bonds is 1. The Balaban J connectivity index is 2.42. The molecule has 0 aliphatic carbocycles. The smallest absolute Gasteiger partial charge is 0.138 e. The molecule has 0 N–H and O–H groups in total. The Labute approximate surface area is 129 Å². The van der Waals surface area contributed by atoms with E-state index in [1.165, 1.54) is 0 Å². The van der Waals surface area contributed by atoms with E-state index in [2.05, 4.69) is 4.90 Å². The standard InChI is InChI=1S/C18H13N3O/c1-21-16-6-4-3-5-14(16)18(12(10-19)11-20)15-9-13(22-2)7-8-17(15)21/h3-9H,1-2H3. The Kier molecular flexibility index (Phi) is 3.29. The molecule has 22 heavy (non-hydrogen) atoms. The van der Waals surface area contributed by atoms with Crippen LogP contribution >= 0.6 is 0 Å². The van der Waals surface area contributed by atoms with Crippen molar-refractivity contribution in [2.45, 2.75) is 0 Å². The van der Waals surface area contributed by atoms with Gasteiger partial charge < -0.3 is 9.64 Å². The van der Waals surface area contributed by atoms with Crippen molar-refractivity contribution in [3.05, 3.63) is 59.2 Å². The maximum atomic E-state index is 9.35. The number of para-hydroxylation sites is 1. The highest BCUT2D eigenvalue weighted by molar-refractivity contribution is 6.01. The molecule has 0 saturated carbocycles. The number of hydrogen-bond donors (Lipinski definition) is 0. The molecule has 0 aromatic heterocycles. The zero-order valence-corrected chi connectivity index (χ0v) is 12.3. The van der Waals surface area contributed by atoms with Crippen molar-refractivity contribution in [2.75, 3.05) is 19.1 Å². The van der Waals surface area contributed by atoms with Crippen LogP contribution in [-0.2, 0) is 0 Å². The number of nitriles is 2. The fraction of sp³-hybridized carbons (Fsp3) is 0.111. The van der Waals surface area contributed by atoms with Gasteiger partial charge in [-0.15, -0.1) is 0 Å². The molecule has 0 bridgehead atoms. The van der Waals surface area contributed by atoms with Gasteiger partial charge in [0.05, 0.1) is 7.11 Å². The van der Waals surface area contributed by atoms with Gasteiger partial charge in [0, 0.05) is 35.1 Å². The van der Waals surface area contributed by atoms with E-state index in [4.69, 9.17) is 4.74 Å². The van der Waals surface area contributed by atoms with Crippen LogP contribution < -0.4 is 9.64 Å². The average Bonchev–Trinajstić information content (AvgIpc) is 2.58. The number of nitrogens with zero attached hydrogens (tertiary/aromatic N) is 3. The highest BCUT2D eigenvalue weighted by Crippen LogP contribution is 2.46. The molecule has 1 aliphatic heterocycles. The quantitative estimate of drug-likeness (QED) is 0.751. The molecular weight excluding hydrogens is 274 g/mol. The first kappa shape index (κ1) is 13.7. The first-order valence-electron chi connectivity index (χ1n) is 6.77. The second-order valence-electron chi connectivity index (χ2n) is 4.93. The third-order valence-corrected chi connectivity index (χ3v) is 3.84. The molecule has 106 valence electrons. The van der Waals surface area contributed by atoms with E-state index in [0.717, 1.165) is 22.5 Å². The van der Waals surface area contributed by atoms with Gasteiger partial charge in [0.15, 0.2) is 0 Å². The predicted molar refractivity (Wildman–Crippen MR) is 84.7 cm³/mol. The van der Waals surface area contributed by atoms with Crippen LogP contribution in [0.25, 0.3) is 5.57 Å². The molecule has 4 nitrogen and oxygen atoms in total. The Hall–Kier alpha value is -3.24. The fourth-order valence-electron chi connectivity index (χ4n) is 2.79. The molecule has 0 fully saturated rings. The summed E-state index contributed by atoms with van der Waals surface area (Å²) in [4.78, 5) is 2.06. The summed E-state index contributed by atoms with van der Waals surface area (Å²) in [6, 6.07) is 17.5. The molecule has 0 radical (unpaired) electrons. The van der Waals surface area contributed by atoms with Crippen LogP contribution in [-0.4, -0.2) is 14.2 Å². The van der Waals surface area contributed by atoms with Crippen molar-refractivity contribution < 1.29 is 4.74 Å². The normalized spacial score (nSPS) is 11.8. The number of allylic oxidation sites excluding steroid dienone is 1. The van der Waals surface area contributed by atoms with Gasteiger partial charge in [-0.1, -0.05) is 18.2 Å². The minimum atomic E-state index is 0.107. The lowest BCUT2D eigenvalue weighted by atomic mass is 9.87. The summed E-state index contributed by atoms with van der Waals surface area (Å²) in [6.07, 6.45) is 0. The van der Waals surface area contributed by atoms with Crippen LogP contribution in [0.3, 0.4) is 0 Å². The second kappa shape index (κ2) is 5.27. The Bertz CT molecular complexity index is 853. The highest BCUT2D eigenvalue weighted by atomic mass is 16.5. The summed E-state index contributed by atoms with van der Waals surface area (Å²) in [5.41, 5.74) is 4.39. The molecule has 1 heterocycles. The molecular formula is C18H13N3O. The monoisotopic (exact) mass is 287 g/mol. The SMILES string of the molecule is COc1ccc2c(c1)C(=C(C#N)C#N)c1ccccc1N2C. The largest absolute Gasteiger partial charge is 0.497 e. The minimum Gasteiger partial charge on any atom is -0.497 e. The van der Waals surface area contributed by atoms with Crippen LogP contribution in [0, 0.1) is 22.7 Å². The number of fused-ring (bicyclic) bond motifs is 2. The van der Waals surface area contributed by atoms with Crippen molar-refractivity contribution in [1.82, 2.24) is 0 Å². The van der Waals surface area contributed by atoms with Gasteiger partial charge in [0.2, 0.25) is 0 Å². The maximum absolute atomic E-state index is 9.35. The lowest BCUT2D eigenvalue weighted by Crippen LogP contribution is -2.18. The van der Waals surface area contributed by atoms with E-state index in [1.54, 1.807) is 7.11 Å². The predicted octanol–water partition coefficient (Wildman–Crippen LogP) is 3.63. The van der Waals surface area contributed by atoms with Crippen molar-refractivity contribution >= 4 is 16.9 Å². The zero-order chi connectivity index (χ0) is 15.7. The number of ether oxygens (including phenoxy) is 1. The van der Waals surface area contributed by atoms with Crippen LogP contribution in [0.2, 0.25) is 0 Å². The summed E-state index contributed by atoms with van der Waals surface area (Å²) in [6.45, 7) is 0. The first-order valence-corrected chi connectivity index (χ1v) is 6.77. The van der Waals surface area contributed by atoms with E-state index >= 15 is 0 Å². The van der Waals surface area contributed by atoms with Gasteiger partial charge in [-0.2, -0.15) is 10.5 Å². The van der Waals surface area contributed by atoms with Gasteiger partial charge >= 0.3 is 0 Å². The minimum absolute atomic E-state index is 0.107. The van der Waals surface area contributed by atoms with Crippen LogP contribution in [0.4, 0.5) is 11.4 Å². The van der Waals surface area contributed by atoms with Crippen molar-refractivity contribution in [3.8, 4) is 17.9 Å². The molecule has 0 unspecified atom stereocenters. The topological polar surface area (TPSA) is 60.0 Å².